The van der Waals surface area contributed by atoms with E-state index < -0.39 is 0 Å². The number of aromatic amines is 1. The van der Waals surface area contributed by atoms with Crippen LogP contribution in [0.5, 0.6) is 5.75 Å². The van der Waals surface area contributed by atoms with Gasteiger partial charge in [0, 0.05) is 33.4 Å². The largest absolute Gasteiger partial charge is 0.496 e. The highest BCUT2D eigenvalue weighted by Gasteiger charge is 2.09. The fraction of sp³-hybridized carbons (Fsp3) is 0.0500. The Kier molecular flexibility index (Phi) is 4.63. The fourth-order valence-electron chi connectivity index (χ4n) is 3.01. The second kappa shape index (κ2) is 6.87. The number of fused-ring (bicyclic) bond motifs is 2. The van der Waals surface area contributed by atoms with Crippen LogP contribution in [0, 0.1) is 0 Å². The number of nitrogens with two attached hydrogens (primary N) is 1. The van der Waals surface area contributed by atoms with Gasteiger partial charge in [-0.25, -0.2) is 4.99 Å². The minimum Gasteiger partial charge on any atom is -0.496 e. The molecule has 3 aromatic carbocycles. The van der Waals surface area contributed by atoms with Gasteiger partial charge in [-0.2, -0.15) is 0 Å². The van der Waals surface area contributed by atoms with E-state index in [0.717, 1.165) is 38.7 Å². The molecule has 0 aliphatic rings. The third kappa shape index (κ3) is 2.92. The maximum atomic E-state index is 6.30. The van der Waals surface area contributed by atoms with Gasteiger partial charge in [0.15, 0.2) is 0 Å². The molecule has 0 aliphatic heterocycles. The van der Waals surface area contributed by atoms with Crippen LogP contribution in [0.3, 0.4) is 0 Å². The quantitative estimate of drug-likeness (QED) is 0.412. The molecule has 4 aromatic rings. The monoisotopic (exact) mass is 351 g/mol. The van der Waals surface area contributed by atoms with Gasteiger partial charge in [0.1, 0.15) is 11.6 Å². The van der Waals surface area contributed by atoms with Crippen LogP contribution in [0.15, 0.2) is 71.9 Å². The molecule has 0 saturated carbocycles. The molecule has 0 atom stereocenters. The summed E-state index contributed by atoms with van der Waals surface area (Å²) >= 11 is 0. The van der Waals surface area contributed by atoms with E-state index in [9.17, 15) is 0 Å². The third-order valence-electron chi connectivity index (χ3n) is 4.19. The van der Waals surface area contributed by atoms with Gasteiger partial charge in [0.25, 0.3) is 0 Å². The highest BCUT2D eigenvalue weighted by molar-refractivity contribution is 6.11. The number of aliphatic imine (C=N–C) groups is 1. The molecule has 25 heavy (non-hydrogen) atoms. The molecule has 4 rings (SSSR count). The molecule has 0 fully saturated rings. The number of amidine groups is 1. The summed E-state index contributed by atoms with van der Waals surface area (Å²) in [5.74, 6) is 1.32. The van der Waals surface area contributed by atoms with Gasteiger partial charge < -0.3 is 15.5 Å². The van der Waals surface area contributed by atoms with E-state index in [0.29, 0.717) is 5.84 Å². The first-order chi connectivity index (χ1) is 11.8. The van der Waals surface area contributed by atoms with Crippen LogP contribution >= 0.6 is 12.4 Å². The Morgan fingerprint density at radius 2 is 1.64 bits per heavy atom. The Balaban J connectivity index is 0.00000182. The van der Waals surface area contributed by atoms with Crippen molar-refractivity contribution in [3.05, 3.63) is 72.4 Å². The molecule has 3 N–H and O–H groups in total. The number of benzene rings is 3. The summed E-state index contributed by atoms with van der Waals surface area (Å²) in [5, 5.41) is 3.10. The molecule has 5 heteroatoms. The van der Waals surface area contributed by atoms with Gasteiger partial charge in [0.05, 0.1) is 12.8 Å². The van der Waals surface area contributed by atoms with Crippen LogP contribution in [0.25, 0.3) is 21.7 Å². The zero-order valence-corrected chi connectivity index (χ0v) is 14.5. The predicted octanol–water partition coefficient (Wildman–Crippen LogP) is 4.79. The average molecular weight is 352 g/mol. The van der Waals surface area contributed by atoms with Crippen LogP contribution in [0.4, 0.5) is 5.69 Å². The summed E-state index contributed by atoms with van der Waals surface area (Å²) in [7, 11) is 1.67. The van der Waals surface area contributed by atoms with E-state index in [2.05, 4.69) is 9.98 Å². The number of rotatable bonds is 3. The van der Waals surface area contributed by atoms with E-state index >= 15 is 0 Å². The van der Waals surface area contributed by atoms with Gasteiger partial charge in [-0.1, -0.05) is 42.5 Å². The summed E-state index contributed by atoms with van der Waals surface area (Å²) < 4.78 is 5.43. The first kappa shape index (κ1) is 16.9. The van der Waals surface area contributed by atoms with Gasteiger partial charge in [0.2, 0.25) is 0 Å². The molecule has 0 unspecified atom stereocenters. The number of aromatic nitrogens is 1. The predicted molar refractivity (Wildman–Crippen MR) is 106 cm³/mol. The lowest BCUT2D eigenvalue weighted by molar-refractivity contribution is 0.420. The van der Waals surface area contributed by atoms with Crippen molar-refractivity contribution in [2.24, 2.45) is 10.7 Å². The molecule has 1 heterocycles. The molecule has 1 aromatic heterocycles. The third-order valence-corrected chi connectivity index (χ3v) is 4.19. The van der Waals surface area contributed by atoms with Crippen molar-refractivity contribution < 1.29 is 4.74 Å². The number of nitrogens with zero attached hydrogens (tertiary/aromatic N) is 1. The van der Waals surface area contributed by atoms with Crippen molar-refractivity contribution in [1.82, 2.24) is 4.98 Å². The molecule has 0 amide bonds. The number of H-pyrrole nitrogens is 1. The first-order valence-electron chi connectivity index (χ1n) is 7.74. The minimum atomic E-state index is 0. The van der Waals surface area contributed by atoms with Crippen LogP contribution in [0.1, 0.15) is 5.56 Å². The van der Waals surface area contributed by atoms with Crippen LogP contribution < -0.4 is 10.5 Å². The molecule has 0 bridgehead atoms. The van der Waals surface area contributed by atoms with Crippen LogP contribution in [-0.4, -0.2) is 17.9 Å². The number of methoxy groups -OCH3 is 1. The van der Waals surface area contributed by atoms with Gasteiger partial charge in [-0.3, -0.25) is 0 Å². The van der Waals surface area contributed by atoms with E-state index in [4.69, 9.17) is 10.5 Å². The molecule has 126 valence electrons. The molecular formula is C20H18ClN3O. The number of para-hydroxylation sites is 1. The van der Waals surface area contributed by atoms with Crippen molar-refractivity contribution in [2.45, 2.75) is 0 Å². The van der Waals surface area contributed by atoms with Crippen molar-refractivity contribution in [1.29, 1.82) is 0 Å². The lowest BCUT2D eigenvalue weighted by Gasteiger charge is -2.07. The van der Waals surface area contributed by atoms with Gasteiger partial charge in [-0.15, -0.1) is 12.4 Å². The fourth-order valence-corrected chi connectivity index (χ4v) is 3.01. The summed E-state index contributed by atoms with van der Waals surface area (Å²) in [5.41, 5.74) is 9.08. The Labute approximate surface area is 151 Å². The number of halogens is 1. The second-order valence-electron chi connectivity index (χ2n) is 5.58. The standard InChI is InChI=1S/C20H17N3O.ClH/c1-24-19-11-5-7-13-15(19)8-4-10-18(13)23-20(21)16-12-22-17-9-3-2-6-14(16)17;/h2-12,22H,1H3,(H2,21,23);1H. The zero-order chi connectivity index (χ0) is 16.5. The van der Waals surface area contributed by atoms with Gasteiger partial charge in [-0.05, 0) is 18.2 Å². The summed E-state index contributed by atoms with van der Waals surface area (Å²) in [4.78, 5) is 7.90. The Morgan fingerprint density at radius 3 is 2.48 bits per heavy atom. The van der Waals surface area contributed by atoms with Crippen molar-refractivity contribution in [3.63, 3.8) is 0 Å². The molecular weight excluding hydrogens is 334 g/mol. The summed E-state index contributed by atoms with van der Waals surface area (Å²) in [6, 6.07) is 19.9. The molecule has 0 saturated heterocycles. The highest BCUT2D eigenvalue weighted by atomic mass is 35.5. The Morgan fingerprint density at radius 1 is 0.920 bits per heavy atom. The van der Waals surface area contributed by atoms with Crippen molar-refractivity contribution in [2.75, 3.05) is 7.11 Å². The maximum Gasteiger partial charge on any atom is 0.133 e. The van der Waals surface area contributed by atoms with Gasteiger partial charge >= 0.3 is 0 Å². The lowest BCUT2D eigenvalue weighted by atomic mass is 10.1. The van der Waals surface area contributed by atoms with Crippen LogP contribution in [-0.2, 0) is 0 Å². The number of ether oxygens (including phenoxy) is 1. The SMILES string of the molecule is COc1cccc2c(N=C(N)c3c[nH]c4ccccc34)cccc12.Cl. The maximum absolute atomic E-state index is 6.30. The van der Waals surface area contributed by atoms with Crippen molar-refractivity contribution >= 4 is 45.6 Å². The Bertz CT molecular complexity index is 1070. The first-order valence-corrected chi connectivity index (χ1v) is 7.74. The Hall–Kier alpha value is -2.98. The van der Waals surface area contributed by atoms with E-state index in [1.165, 1.54) is 0 Å². The summed E-state index contributed by atoms with van der Waals surface area (Å²) in [6.45, 7) is 0. The number of hydrogen-bond acceptors (Lipinski definition) is 2. The van der Waals surface area contributed by atoms with E-state index in [1.54, 1.807) is 7.11 Å². The topological polar surface area (TPSA) is 63.4 Å². The van der Waals surface area contributed by atoms with E-state index in [1.807, 2.05) is 66.9 Å². The normalized spacial score (nSPS) is 11.5. The minimum absolute atomic E-state index is 0. The average Bonchev–Trinajstić information content (AvgIpc) is 3.05. The highest BCUT2D eigenvalue weighted by Crippen LogP contribution is 2.32. The second-order valence-corrected chi connectivity index (χ2v) is 5.58. The molecule has 0 spiro atoms. The smallest absolute Gasteiger partial charge is 0.133 e. The number of nitrogens with one attached hydrogen (secondary N) is 1. The lowest BCUT2D eigenvalue weighted by Crippen LogP contribution is -2.12. The van der Waals surface area contributed by atoms with Crippen molar-refractivity contribution in [3.8, 4) is 5.75 Å². The molecule has 0 aliphatic carbocycles. The molecule has 0 radical (unpaired) electrons. The summed E-state index contributed by atoms with van der Waals surface area (Å²) in [6.07, 6.45) is 1.90. The zero-order valence-electron chi connectivity index (χ0n) is 13.7. The van der Waals surface area contributed by atoms with Crippen LogP contribution in [0.2, 0.25) is 0 Å². The van der Waals surface area contributed by atoms with E-state index in [-0.39, 0.29) is 12.4 Å². The molecule has 4 nitrogen and oxygen atoms in total. The number of hydrogen-bond donors (Lipinski definition) is 2.